The van der Waals surface area contributed by atoms with E-state index in [1.54, 1.807) is 16.7 Å². The summed E-state index contributed by atoms with van der Waals surface area (Å²) in [5.74, 6) is 2.56. The molecule has 8 aromatic carbocycles. The second kappa shape index (κ2) is 20.1. The number of rotatable bonds is 17. The summed E-state index contributed by atoms with van der Waals surface area (Å²) in [6.45, 7) is 31.3. The largest absolute Gasteiger partial charge is 0.0642 e. The molecule has 0 amide bonds. The van der Waals surface area contributed by atoms with Crippen LogP contribution >= 0.6 is 0 Å². The Morgan fingerprint density at radius 2 is 0.557 bits per heavy atom. The molecule has 0 nitrogen and oxygen atoms in total. The van der Waals surface area contributed by atoms with Crippen molar-refractivity contribution in [2.45, 2.75) is 176 Å². The monoisotopic (exact) mass is 1040 g/mol. The number of fused-ring (bicyclic) bond motifs is 12. The standard InChI is InChI=1S/C79H88/c1-14-77(15-2)68-19-17-16-18-60(68)64-30-23-56(45-72(64)77)59-26-33-67-66-32-25-58(47-74(66)79(75(67)48-59,40-36-51(7)8)41-37-52(9)10)55-22-29-62-61-28-21-54(43-69(61)76(12,13)70(62)44-55)57-24-31-65-63-27-20-53(11)42-71(63)78(73(65)46-57,38-34-49(3)4)39-35-50(5)6/h16-33,42-52H,14-15,34-41H2,1-13H3. The zero-order valence-electron chi connectivity index (χ0n) is 50.3. The van der Waals surface area contributed by atoms with Crippen LogP contribution in [-0.2, 0) is 21.7 Å². The first-order valence-corrected chi connectivity index (χ1v) is 31.0. The van der Waals surface area contributed by atoms with E-state index in [4.69, 9.17) is 0 Å². The molecule has 0 aromatic heterocycles. The third-order valence-corrected chi connectivity index (χ3v) is 20.6. The molecule has 12 rings (SSSR count). The molecular formula is C79H88. The maximum Gasteiger partial charge on any atom is 0.0215 e. The van der Waals surface area contributed by atoms with Crippen LogP contribution in [0.4, 0.5) is 0 Å². The average molecular weight is 1040 g/mol. The zero-order valence-corrected chi connectivity index (χ0v) is 50.3. The van der Waals surface area contributed by atoms with E-state index in [2.05, 4.69) is 242 Å². The summed E-state index contributed by atoms with van der Waals surface area (Å²) in [7, 11) is 0. The van der Waals surface area contributed by atoms with Crippen molar-refractivity contribution in [3.05, 3.63) is 202 Å². The van der Waals surface area contributed by atoms with Gasteiger partial charge in [0.05, 0.1) is 0 Å². The molecule has 0 aliphatic heterocycles. The van der Waals surface area contributed by atoms with Gasteiger partial charge in [0.25, 0.3) is 0 Å². The highest BCUT2D eigenvalue weighted by Crippen LogP contribution is 2.60. The molecule has 0 unspecified atom stereocenters. The molecule has 0 spiro atoms. The van der Waals surface area contributed by atoms with Crippen LogP contribution in [0, 0.1) is 30.6 Å². The van der Waals surface area contributed by atoms with Gasteiger partial charge in [0.2, 0.25) is 0 Å². The van der Waals surface area contributed by atoms with E-state index in [9.17, 15) is 0 Å². The maximum atomic E-state index is 2.64. The summed E-state index contributed by atoms with van der Waals surface area (Å²) in [5, 5.41) is 0. The van der Waals surface area contributed by atoms with E-state index < -0.39 is 0 Å². The van der Waals surface area contributed by atoms with E-state index >= 15 is 0 Å². The van der Waals surface area contributed by atoms with Gasteiger partial charge in [0, 0.05) is 21.7 Å². The Balaban J connectivity index is 0.911. The Labute approximate surface area is 476 Å². The lowest BCUT2D eigenvalue weighted by atomic mass is 9.69. The van der Waals surface area contributed by atoms with E-state index in [0.717, 1.165) is 25.7 Å². The molecule has 0 saturated carbocycles. The topological polar surface area (TPSA) is 0 Å². The normalized spacial score (nSPS) is 16.0. The van der Waals surface area contributed by atoms with E-state index in [1.807, 2.05) is 0 Å². The fourth-order valence-corrected chi connectivity index (χ4v) is 15.9. The van der Waals surface area contributed by atoms with Gasteiger partial charge in [-0.2, -0.15) is 0 Å². The molecule has 0 heteroatoms. The van der Waals surface area contributed by atoms with Crippen LogP contribution in [0.5, 0.6) is 0 Å². The minimum atomic E-state index is -0.157. The highest BCUT2D eigenvalue weighted by atomic mass is 14.5. The van der Waals surface area contributed by atoms with E-state index in [1.165, 1.54) is 150 Å². The van der Waals surface area contributed by atoms with Crippen LogP contribution in [0.15, 0.2) is 152 Å². The molecule has 0 saturated heterocycles. The number of hydrogen-bond donors (Lipinski definition) is 0. The molecular weight excluding hydrogens is 949 g/mol. The lowest BCUT2D eigenvalue weighted by molar-refractivity contribution is 0.364. The van der Waals surface area contributed by atoms with E-state index in [-0.39, 0.29) is 21.7 Å². The molecule has 0 atom stereocenters. The maximum absolute atomic E-state index is 2.64. The van der Waals surface area contributed by atoms with Gasteiger partial charge in [-0.15, -0.1) is 0 Å². The fraction of sp³-hybridized carbons (Fsp3) is 0.392. The summed E-state index contributed by atoms with van der Waals surface area (Å²) >= 11 is 0. The van der Waals surface area contributed by atoms with Gasteiger partial charge in [0.1, 0.15) is 0 Å². The smallest absolute Gasteiger partial charge is 0.0215 e. The lowest BCUT2D eigenvalue weighted by Crippen LogP contribution is -2.27. The van der Waals surface area contributed by atoms with Crippen molar-refractivity contribution in [2.24, 2.45) is 23.7 Å². The molecule has 4 aliphatic carbocycles. The molecule has 8 aromatic rings. The summed E-state index contributed by atoms with van der Waals surface area (Å²) < 4.78 is 0. The third-order valence-electron chi connectivity index (χ3n) is 20.6. The average Bonchev–Trinajstić information content (AvgIpc) is 3.95. The summed E-state index contributed by atoms with van der Waals surface area (Å²) in [6.07, 6.45) is 11.7. The molecule has 79 heavy (non-hydrogen) atoms. The Bertz CT molecular complexity index is 3630. The van der Waals surface area contributed by atoms with Crippen molar-refractivity contribution < 1.29 is 0 Å². The third kappa shape index (κ3) is 8.58. The van der Waals surface area contributed by atoms with Crippen molar-refractivity contribution in [1.82, 2.24) is 0 Å². The van der Waals surface area contributed by atoms with Gasteiger partial charge in [-0.3, -0.25) is 0 Å². The second-order valence-electron chi connectivity index (χ2n) is 27.5. The number of hydrogen-bond acceptors (Lipinski definition) is 0. The first kappa shape index (κ1) is 53.4. The van der Waals surface area contributed by atoms with Crippen LogP contribution in [0.1, 0.15) is 197 Å². The van der Waals surface area contributed by atoms with Crippen LogP contribution in [0.2, 0.25) is 0 Å². The summed E-state index contributed by atoms with van der Waals surface area (Å²) in [6, 6.07) is 61.4. The summed E-state index contributed by atoms with van der Waals surface area (Å²) in [4.78, 5) is 0. The Hall–Kier alpha value is -6.24. The van der Waals surface area contributed by atoms with Gasteiger partial charge in [-0.05, 0) is 254 Å². The van der Waals surface area contributed by atoms with Crippen molar-refractivity contribution in [1.29, 1.82) is 0 Å². The Morgan fingerprint density at radius 1 is 0.291 bits per heavy atom. The van der Waals surface area contributed by atoms with E-state index in [0.29, 0.717) is 23.7 Å². The second-order valence-corrected chi connectivity index (χ2v) is 27.5. The minimum Gasteiger partial charge on any atom is -0.0642 e. The van der Waals surface area contributed by atoms with Crippen molar-refractivity contribution >= 4 is 0 Å². The van der Waals surface area contributed by atoms with Gasteiger partial charge < -0.3 is 0 Å². The number of benzene rings is 8. The van der Waals surface area contributed by atoms with Crippen LogP contribution in [0.25, 0.3) is 77.9 Å². The molecule has 0 radical (unpaired) electrons. The van der Waals surface area contributed by atoms with Crippen LogP contribution < -0.4 is 0 Å². The van der Waals surface area contributed by atoms with Crippen LogP contribution in [-0.4, -0.2) is 0 Å². The molecule has 0 bridgehead atoms. The zero-order chi connectivity index (χ0) is 55.3. The molecule has 404 valence electrons. The SMILES string of the molecule is CCC1(CC)c2ccccc2-c2ccc(-c3ccc4c(c3)C(CCC(C)C)(CCC(C)C)c3cc(-c5ccc6c(c5)C(C)(C)c5cc(-c7ccc8c(c7)C(CCC(C)C)(CCC(C)C)c7cc(C)ccc7-8)ccc5-6)ccc3-4)cc21. The van der Waals surface area contributed by atoms with Gasteiger partial charge in [-0.25, -0.2) is 0 Å². The highest BCUT2D eigenvalue weighted by Gasteiger charge is 2.46. The first-order chi connectivity index (χ1) is 37.9. The first-order valence-electron chi connectivity index (χ1n) is 31.0. The quantitative estimate of drug-likeness (QED) is 0.0853. The van der Waals surface area contributed by atoms with Crippen molar-refractivity contribution in [3.63, 3.8) is 0 Å². The summed E-state index contributed by atoms with van der Waals surface area (Å²) in [5.41, 5.74) is 32.7. The molecule has 0 heterocycles. The predicted octanol–water partition coefficient (Wildman–Crippen LogP) is 22.7. The number of aryl methyl sites for hydroxylation is 1. The molecule has 0 N–H and O–H groups in total. The lowest BCUT2D eigenvalue weighted by Gasteiger charge is -2.34. The van der Waals surface area contributed by atoms with Gasteiger partial charge in [0.15, 0.2) is 0 Å². The van der Waals surface area contributed by atoms with Crippen LogP contribution in [0.3, 0.4) is 0 Å². The fourth-order valence-electron chi connectivity index (χ4n) is 15.9. The van der Waals surface area contributed by atoms with Crippen molar-refractivity contribution in [2.75, 3.05) is 0 Å². The Morgan fingerprint density at radius 3 is 0.886 bits per heavy atom. The highest BCUT2D eigenvalue weighted by molar-refractivity contribution is 5.91. The minimum absolute atomic E-state index is 0.0308. The van der Waals surface area contributed by atoms with Crippen molar-refractivity contribution in [3.8, 4) is 77.9 Å². The molecule has 0 fully saturated rings. The van der Waals surface area contributed by atoms with Gasteiger partial charge in [-0.1, -0.05) is 204 Å². The predicted molar refractivity (Wildman–Crippen MR) is 341 cm³/mol. The molecule has 4 aliphatic rings. The Kier molecular flexibility index (Phi) is 13.6. The van der Waals surface area contributed by atoms with Gasteiger partial charge >= 0.3 is 0 Å².